The van der Waals surface area contributed by atoms with Gasteiger partial charge in [-0.15, -0.1) is 11.8 Å². The van der Waals surface area contributed by atoms with E-state index in [1.807, 2.05) is 20.9 Å². The highest BCUT2D eigenvalue weighted by molar-refractivity contribution is 7.99. The highest BCUT2D eigenvalue weighted by atomic mass is 32.2. The van der Waals surface area contributed by atoms with Crippen LogP contribution in [0.5, 0.6) is 0 Å². The van der Waals surface area contributed by atoms with Crippen molar-refractivity contribution in [3.05, 3.63) is 41.5 Å². The number of hydrogen-bond donors (Lipinski definition) is 1. The zero-order valence-corrected chi connectivity index (χ0v) is 13.1. The molecule has 0 saturated carbocycles. The predicted octanol–water partition coefficient (Wildman–Crippen LogP) is 3.30. The van der Waals surface area contributed by atoms with Crippen LogP contribution in [0.15, 0.2) is 29.2 Å². The molecule has 0 aliphatic carbocycles. The first kappa shape index (κ1) is 15.6. The minimum Gasteiger partial charge on any atom is -0.323 e. The average Bonchev–Trinajstić information content (AvgIpc) is 2.68. The number of carbonyl (C=O) groups excluding carboxylic acids is 1. The molecule has 0 unspecified atom stereocenters. The summed E-state index contributed by atoms with van der Waals surface area (Å²) in [7, 11) is 1.85. The maximum absolute atomic E-state index is 12.8. The number of aryl methyl sites for hydroxylation is 2. The molecule has 0 radical (unpaired) electrons. The van der Waals surface area contributed by atoms with Crippen LogP contribution < -0.4 is 5.32 Å². The normalized spacial score (nSPS) is 10.7. The lowest BCUT2D eigenvalue weighted by molar-refractivity contribution is -0.115. The summed E-state index contributed by atoms with van der Waals surface area (Å²) in [5.74, 6) is 0.360. The molecule has 0 fully saturated rings. The SMILES string of the molecule is Cc1nn(C)c(C)c1NC(=O)CCSc1ccc(F)cc1. The predicted molar refractivity (Wildman–Crippen MR) is 83.1 cm³/mol. The van der Waals surface area contributed by atoms with Crippen molar-refractivity contribution in [2.45, 2.75) is 25.2 Å². The van der Waals surface area contributed by atoms with Gasteiger partial charge in [-0.1, -0.05) is 0 Å². The molecule has 0 aliphatic heterocycles. The van der Waals surface area contributed by atoms with E-state index in [-0.39, 0.29) is 11.7 Å². The van der Waals surface area contributed by atoms with Crippen LogP contribution in [0.25, 0.3) is 0 Å². The summed E-state index contributed by atoms with van der Waals surface area (Å²) in [6.07, 6.45) is 0.399. The van der Waals surface area contributed by atoms with Gasteiger partial charge < -0.3 is 5.32 Å². The van der Waals surface area contributed by atoms with Gasteiger partial charge in [0.1, 0.15) is 5.82 Å². The van der Waals surface area contributed by atoms with Gasteiger partial charge in [0.2, 0.25) is 5.91 Å². The summed E-state index contributed by atoms with van der Waals surface area (Å²) in [6, 6.07) is 6.27. The van der Waals surface area contributed by atoms with Crippen LogP contribution >= 0.6 is 11.8 Å². The summed E-state index contributed by atoms with van der Waals surface area (Å²) in [6.45, 7) is 3.79. The fraction of sp³-hybridized carbons (Fsp3) is 0.333. The number of benzene rings is 1. The quantitative estimate of drug-likeness (QED) is 0.862. The molecule has 0 spiro atoms. The Bertz CT molecular complexity index is 637. The van der Waals surface area contributed by atoms with Crippen molar-refractivity contribution in [2.75, 3.05) is 11.1 Å². The second-order valence-electron chi connectivity index (χ2n) is 4.77. The van der Waals surface area contributed by atoms with Gasteiger partial charge in [-0.05, 0) is 38.1 Å². The maximum atomic E-state index is 12.8. The first-order valence-corrected chi connectivity index (χ1v) is 7.64. The Kier molecular flexibility index (Phi) is 5.01. The summed E-state index contributed by atoms with van der Waals surface area (Å²) < 4.78 is 14.5. The number of anilines is 1. The van der Waals surface area contributed by atoms with Crippen LogP contribution in [0.3, 0.4) is 0 Å². The van der Waals surface area contributed by atoms with Gasteiger partial charge in [-0.3, -0.25) is 9.48 Å². The smallest absolute Gasteiger partial charge is 0.225 e. The topological polar surface area (TPSA) is 46.9 Å². The molecular weight excluding hydrogens is 289 g/mol. The second-order valence-corrected chi connectivity index (χ2v) is 5.94. The maximum Gasteiger partial charge on any atom is 0.225 e. The lowest BCUT2D eigenvalue weighted by atomic mass is 10.3. The Morgan fingerprint density at radius 3 is 2.57 bits per heavy atom. The van der Waals surface area contributed by atoms with E-state index in [0.29, 0.717) is 12.2 Å². The zero-order valence-electron chi connectivity index (χ0n) is 12.3. The van der Waals surface area contributed by atoms with E-state index in [4.69, 9.17) is 0 Å². The molecule has 1 heterocycles. The molecule has 1 aromatic carbocycles. The van der Waals surface area contributed by atoms with Gasteiger partial charge >= 0.3 is 0 Å². The molecule has 0 aliphatic rings. The molecule has 2 rings (SSSR count). The van der Waals surface area contributed by atoms with Gasteiger partial charge in [0.05, 0.1) is 17.1 Å². The Morgan fingerprint density at radius 2 is 2.00 bits per heavy atom. The monoisotopic (exact) mass is 307 g/mol. The molecule has 1 aromatic heterocycles. The summed E-state index contributed by atoms with van der Waals surface area (Å²) in [4.78, 5) is 12.9. The zero-order chi connectivity index (χ0) is 15.4. The third kappa shape index (κ3) is 4.07. The fourth-order valence-electron chi connectivity index (χ4n) is 1.95. The summed E-state index contributed by atoms with van der Waals surface area (Å²) in [5.41, 5.74) is 2.54. The number of hydrogen-bond acceptors (Lipinski definition) is 3. The summed E-state index contributed by atoms with van der Waals surface area (Å²) >= 11 is 1.53. The van der Waals surface area contributed by atoms with Gasteiger partial charge in [0, 0.05) is 24.1 Å². The van der Waals surface area contributed by atoms with Gasteiger partial charge in [0.25, 0.3) is 0 Å². The van der Waals surface area contributed by atoms with Crippen LogP contribution in [0, 0.1) is 19.7 Å². The number of halogens is 1. The van der Waals surface area contributed by atoms with Gasteiger partial charge in [-0.2, -0.15) is 5.10 Å². The molecule has 1 amide bonds. The Balaban J connectivity index is 1.83. The second kappa shape index (κ2) is 6.76. The Morgan fingerprint density at radius 1 is 1.33 bits per heavy atom. The van der Waals surface area contributed by atoms with Crippen molar-refractivity contribution >= 4 is 23.4 Å². The van der Waals surface area contributed by atoms with E-state index in [0.717, 1.165) is 22.0 Å². The van der Waals surface area contributed by atoms with Crippen molar-refractivity contribution in [1.29, 1.82) is 0 Å². The van der Waals surface area contributed by atoms with Crippen LogP contribution in [0.2, 0.25) is 0 Å². The Hall–Kier alpha value is -1.82. The van der Waals surface area contributed by atoms with E-state index >= 15 is 0 Å². The molecule has 21 heavy (non-hydrogen) atoms. The lowest BCUT2D eigenvalue weighted by Gasteiger charge is -2.06. The molecule has 0 saturated heterocycles. The van der Waals surface area contributed by atoms with E-state index in [9.17, 15) is 9.18 Å². The molecule has 4 nitrogen and oxygen atoms in total. The minimum absolute atomic E-state index is 0.0381. The number of nitrogens with zero attached hydrogens (tertiary/aromatic N) is 2. The number of carbonyl (C=O) groups is 1. The standard InChI is InChI=1S/C15H18FN3OS/c1-10-15(11(2)19(3)18-10)17-14(20)8-9-21-13-6-4-12(16)5-7-13/h4-7H,8-9H2,1-3H3,(H,17,20). The average molecular weight is 307 g/mol. The van der Waals surface area contributed by atoms with E-state index in [1.54, 1.807) is 16.8 Å². The molecule has 2 aromatic rings. The molecule has 112 valence electrons. The van der Waals surface area contributed by atoms with Crippen molar-refractivity contribution in [3.63, 3.8) is 0 Å². The van der Waals surface area contributed by atoms with E-state index in [1.165, 1.54) is 23.9 Å². The van der Waals surface area contributed by atoms with E-state index in [2.05, 4.69) is 10.4 Å². The molecule has 0 bridgehead atoms. The lowest BCUT2D eigenvalue weighted by Crippen LogP contribution is -2.13. The van der Waals surface area contributed by atoms with Gasteiger partial charge in [0.15, 0.2) is 0 Å². The van der Waals surface area contributed by atoms with Crippen molar-refractivity contribution in [2.24, 2.45) is 7.05 Å². The van der Waals surface area contributed by atoms with Crippen molar-refractivity contribution < 1.29 is 9.18 Å². The van der Waals surface area contributed by atoms with Crippen molar-refractivity contribution in [1.82, 2.24) is 9.78 Å². The van der Waals surface area contributed by atoms with Crippen LogP contribution in [0.1, 0.15) is 17.8 Å². The molecule has 0 atom stereocenters. The molecular formula is C15H18FN3OS. The fourth-order valence-corrected chi connectivity index (χ4v) is 2.80. The van der Waals surface area contributed by atoms with Crippen molar-refractivity contribution in [3.8, 4) is 0 Å². The first-order chi connectivity index (χ1) is 9.97. The van der Waals surface area contributed by atoms with Gasteiger partial charge in [-0.25, -0.2) is 4.39 Å². The molecule has 6 heteroatoms. The highest BCUT2D eigenvalue weighted by Crippen LogP contribution is 2.21. The number of aromatic nitrogens is 2. The number of amides is 1. The Labute approximate surface area is 127 Å². The number of nitrogens with one attached hydrogen (secondary N) is 1. The largest absolute Gasteiger partial charge is 0.323 e. The number of rotatable bonds is 5. The highest BCUT2D eigenvalue weighted by Gasteiger charge is 2.12. The van der Waals surface area contributed by atoms with Crippen LogP contribution in [-0.4, -0.2) is 21.4 Å². The van der Waals surface area contributed by atoms with Crippen LogP contribution in [0.4, 0.5) is 10.1 Å². The third-order valence-corrected chi connectivity index (χ3v) is 4.20. The number of thioether (sulfide) groups is 1. The van der Waals surface area contributed by atoms with Crippen LogP contribution in [-0.2, 0) is 11.8 Å². The summed E-state index contributed by atoms with van der Waals surface area (Å²) in [5, 5.41) is 7.16. The molecule has 1 N–H and O–H groups in total. The third-order valence-electron chi connectivity index (χ3n) is 3.18. The first-order valence-electron chi connectivity index (χ1n) is 6.66. The minimum atomic E-state index is -0.250. The van der Waals surface area contributed by atoms with E-state index < -0.39 is 0 Å².